The number of aryl methyl sites for hydroxylation is 1. The molecule has 0 spiro atoms. The Morgan fingerprint density at radius 1 is 1.39 bits per heavy atom. The lowest BCUT2D eigenvalue weighted by Gasteiger charge is -2.07. The highest BCUT2D eigenvalue weighted by molar-refractivity contribution is 5.94. The number of hydrogen-bond acceptors (Lipinski definition) is 4. The van der Waals surface area contributed by atoms with Gasteiger partial charge in [0.25, 0.3) is 0 Å². The Balaban J connectivity index is 2.49. The molecule has 0 amide bonds. The van der Waals surface area contributed by atoms with E-state index in [-0.39, 0.29) is 5.69 Å². The van der Waals surface area contributed by atoms with Crippen LogP contribution in [0.15, 0.2) is 29.0 Å². The van der Waals surface area contributed by atoms with E-state index in [0.717, 1.165) is 16.7 Å². The summed E-state index contributed by atoms with van der Waals surface area (Å²) in [5.74, 6) is 0.0109. The van der Waals surface area contributed by atoms with Gasteiger partial charge in [0.2, 0.25) is 0 Å². The lowest BCUT2D eigenvalue weighted by atomic mass is 10.0. The molecule has 0 aliphatic rings. The van der Waals surface area contributed by atoms with Crippen molar-refractivity contribution in [2.45, 2.75) is 20.8 Å². The number of oxazole rings is 1. The molecule has 4 nitrogen and oxygen atoms in total. The van der Waals surface area contributed by atoms with E-state index >= 15 is 0 Å². The molecule has 1 aromatic heterocycles. The highest BCUT2D eigenvalue weighted by atomic mass is 16.5. The first kappa shape index (κ1) is 12.4. The van der Waals surface area contributed by atoms with Crippen molar-refractivity contribution in [1.29, 1.82) is 0 Å². The predicted molar refractivity (Wildman–Crippen MR) is 67.4 cm³/mol. The first-order valence-electron chi connectivity index (χ1n) is 5.82. The monoisotopic (exact) mass is 245 g/mol. The first-order chi connectivity index (χ1) is 8.65. The van der Waals surface area contributed by atoms with Crippen LogP contribution >= 0.6 is 0 Å². The van der Waals surface area contributed by atoms with Gasteiger partial charge in [-0.15, -0.1) is 0 Å². The van der Waals surface area contributed by atoms with Gasteiger partial charge in [-0.05, 0) is 31.9 Å². The summed E-state index contributed by atoms with van der Waals surface area (Å²) in [5.41, 5.74) is 3.31. The summed E-state index contributed by atoms with van der Waals surface area (Å²) in [4.78, 5) is 15.7. The maximum atomic E-state index is 11.8. The number of carbonyl (C=O) groups is 1. The zero-order valence-electron chi connectivity index (χ0n) is 10.7. The molecule has 0 aliphatic carbocycles. The third-order valence-corrected chi connectivity index (χ3v) is 2.89. The van der Waals surface area contributed by atoms with Crippen molar-refractivity contribution in [2.75, 3.05) is 6.61 Å². The Morgan fingerprint density at radius 3 is 2.89 bits per heavy atom. The van der Waals surface area contributed by atoms with E-state index in [2.05, 4.69) is 4.98 Å². The topological polar surface area (TPSA) is 52.3 Å². The highest BCUT2D eigenvalue weighted by Gasteiger charge is 2.20. The zero-order valence-corrected chi connectivity index (χ0v) is 10.7. The van der Waals surface area contributed by atoms with E-state index in [1.54, 1.807) is 6.92 Å². The molecule has 94 valence electrons. The Hall–Kier alpha value is -2.10. The van der Waals surface area contributed by atoms with Crippen LogP contribution in [0, 0.1) is 13.8 Å². The average molecular weight is 245 g/mol. The number of rotatable bonds is 3. The summed E-state index contributed by atoms with van der Waals surface area (Å²) in [6.45, 7) is 6.08. The number of hydrogen-bond donors (Lipinski definition) is 0. The van der Waals surface area contributed by atoms with Crippen molar-refractivity contribution in [3.05, 3.63) is 41.4 Å². The molecule has 2 aromatic rings. The van der Waals surface area contributed by atoms with Gasteiger partial charge < -0.3 is 9.15 Å². The Bertz CT molecular complexity index is 572. The molecule has 4 heteroatoms. The minimum absolute atomic E-state index is 0.227. The van der Waals surface area contributed by atoms with Gasteiger partial charge in [0.05, 0.1) is 6.61 Å². The minimum Gasteiger partial charge on any atom is -0.461 e. The lowest BCUT2D eigenvalue weighted by Crippen LogP contribution is -2.06. The van der Waals surface area contributed by atoms with Gasteiger partial charge in [0.1, 0.15) is 0 Å². The van der Waals surface area contributed by atoms with Crippen molar-refractivity contribution in [1.82, 2.24) is 4.98 Å². The summed E-state index contributed by atoms with van der Waals surface area (Å²) in [6.07, 6.45) is 1.27. The number of carbonyl (C=O) groups excluding carboxylic acids is 1. The van der Waals surface area contributed by atoms with E-state index in [1.807, 2.05) is 32.0 Å². The molecular formula is C14H15NO3. The van der Waals surface area contributed by atoms with E-state index < -0.39 is 5.97 Å². The molecule has 0 radical (unpaired) electrons. The summed E-state index contributed by atoms with van der Waals surface area (Å²) in [7, 11) is 0. The quantitative estimate of drug-likeness (QED) is 0.779. The van der Waals surface area contributed by atoms with Gasteiger partial charge in [-0.3, -0.25) is 0 Å². The Kier molecular flexibility index (Phi) is 3.46. The van der Waals surface area contributed by atoms with Crippen LogP contribution in [0.1, 0.15) is 28.5 Å². The number of benzene rings is 1. The van der Waals surface area contributed by atoms with Crippen LogP contribution in [-0.4, -0.2) is 17.6 Å². The lowest BCUT2D eigenvalue weighted by molar-refractivity contribution is 0.0520. The largest absolute Gasteiger partial charge is 0.461 e. The third kappa shape index (κ3) is 2.14. The Labute approximate surface area is 106 Å². The fourth-order valence-electron chi connectivity index (χ4n) is 1.78. The van der Waals surface area contributed by atoms with Crippen molar-refractivity contribution in [2.24, 2.45) is 0 Å². The molecule has 0 unspecified atom stereocenters. The second-order valence-corrected chi connectivity index (χ2v) is 4.00. The maximum absolute atomic E-state index is 11.8. The van der Waals surface area contributed by atoms with Gasteiger partial charge in [0, 0.05) is 5.56 Å². The number of nitrogens with zero attached hydrogens (tertiary/aromatic N) is 1. The molecule has 0 aliphatic heterocycles. The number of ether oxygens (including phenoxy) is 1. The van der Waals surface area contributed by atoms with Crippen LogP contribution in [-0.2, 0) is 4.74 Å². The van der Waals surface area contributed by atoms with Crippen LogP contribution in [0.5, 0.6) is 0 Å². The van der Waals surface area contributed by atoms with E-state index in [9.17, 15) is 4.79 Å². The van der Waals surface area contributed by atoms with E-state index in [0.29, 0.717) is 12.4 Å². The molecular weight excluding hydrogens is 230 g/mol. The molecule has 1 aromatic carbocycles. The third-order valence-electron chi connectivity index (χ3n) is 2.89. The van der Waals surface area contributed by atoms with Crippen LogP contribution in [0.3, 0.4) is 0 Å². The van der Waals surface area contributed by atoms with Gasteiger partial charge in [-0.1, -0.05) is 18.2 Å². The SMILES string of the molecule is CCOC(=O)c1ncoc1-c1cccc(C)c1C. The first-order valence-corrected chi connectivity index (χ1v) is 5.82. The van der Waals surface area contributed by atoms with Crippen LogP contribution in [0.2, 0.25) is 0 Å². The number of esters is 1. The average Bonchev–Trinajstić information content (AvgIpc) is 2.82. The number of aromatic nitrogens is 1. The zero-order chi connectivity index (χ0) is 13.1. The predicted octanol–water partition coefficient (Wildman–Crippen LogP) is 3.14. The highest BCUT2D eigenvalue weighted by Crippen LogP contribution is 2.28. The normalized spacial score (nSPS) is 10.4. The fraction of sp³-hybridized carbons (Fsp3) is 0.286. The fourth-order valence-corrected chi connectivity index (χ4v) is 1.78. The molecule has 18 heavy (non-hydrogen) atoms. The molecule has 1 heterocycles. The molecule has 0 saturated carbocycles. The van der Waals surface area contributed by atoms with Gasteiger partial charge >= 0.3 is 5.97 Å². The molecule has 0 N–H and O–H groups in total. The summed E-state index contributed by atoms with van der Waals surface area (Å²) in [6, 6.07) is 5.85. The molecule has 0 fully saturated rings. The molecule has 0 atom stereocenters. The van der Waals surface area contributed by atoms with E-state index in [4.69, 9.17) is 9.15 Å². The second-order valence-electron chi connectivity index (χ2n) is 4.00. The minimum atomic E-state index is -0.456. The van der Waals surface area contributed by atoms with Crippen molar-refractivity contribution < 1.29 is 13.9 Å². The standard InChI is InChI=1S/C14H15NO3/c1-4-17-14(16)12-13(18-8-15-12)11-7-5-6-9(2)10(11)3/h5-8H,4H2,1-3H3. The van der Waals surface area contributed by atoms with Crippen molar-refractivity contribution >= 4 is 5.97 Å². The van der Waals surface area contributed by atoms with Crippen molar-refractivity contribution in [3.63, 3.8) is 0 Å². The summed E-state index contributed by atoms with van der Waals surface area (Å²) in [5, 5.41) is 0. The van der Waals surface area contributed by atoms with Gasteiger partial charge in [-0.25, -0.2) is 9.78 Å². The smallest absolute Gasteiger partial charge is 0.360 e. The van der Waals surface area contributed by atoms with Crippen LogP contribution in [0.25, 0.3) is 11.3 Å². The van der Waals surface area contributed by atoms with Crippen LogP contribution < -0.4 is 0 Å². The van der Waals surface area contributed by atoms with E-state index in [1.165, 1.54) is 6.39 Å². The van der Waals surface area contributed by atoms with Crippen LogP contribution in [0.4, 0.5) is 0 Å². The molecule has 0 saturated heterocycles. The summed E-state index contributed by atoms with van der Waals surface area (Å²) < 4.78 is 10.3. The van der Waals surface area contributed by atoms with Gasteiger partial charge in [0.15, 0.2) is 17.8 Å². The Morgan fingerprint density at radius 2 is 2.17 bits per heavy atom. The van der Waals surface area contributed by atoms with Gasteiger partial charge in [-0.2, -0.15) is 0 Å². The summed E-state index contributed by atoms with van der Waals surface area (Å²) >= 11 is 0. The molecule has 2 rings (SSSR count). The van der Waals surface area contributed by atoms with Crippen molar-refractivity contribution in [3.8, 4) is 11.3 Å². The molecule has 0 bridgehead atoms. The maximum Gasteiger partial charge on any atom is 0.360 e. The second kappa shape index (κ2) is 5.04.